The largest absolute Gasteiger partial charge is 0.308 e. The minimum absolute atomic E-state index is 0.551. The first-order valence-electron chi connectivity index (χ1n) is 7.75. The second-order valence-corrected chi connectivity index (χ2v) is 6.24. The van der Waals surface area contributed by atoms with Crippen molar-refractivity contribution in [2.45, 2.75) is 32.5 Å². The van der Waals surface area contributed by atoms with Crippen LogP contribution >= 0.6 is 0 Å². The Bertz CT molecular complexity index is 606. The van der Waals surface area contributed by atoms with Crippen molar-refractivity contribution in [2.75, 3.05) is 13.6 Å². The molecule has 1 heterocycles. The summed E-state index contributed by atoms with van der Waals surface area (Å²) in [6, 6.07) is 18.1. The van der Waals surface area contributed by atoms with Crippen LogP contribution in [0.25, 0.3) is 0 Å². The molecule has 0 amide bonds. The molecule has 1 aliphatic rings. The highest BCUT2D eigenvalue weighted by Crippen LogP contribution is 2.17. The van der Waals surface area contributed by atoms with E-state index in [1.165, 1.54) is 22.3 Å². The van der Waals surface area contributed by atoms with Gasteiger partial charge in [0.05, 0.1) is 0 Å². The number of benzene rings is 2. The molecule has 1 aliphatic heterocycles. The first-order valence-corrected chi connectivity index (χ1v) is 7.75. The Morgan fingerprint density at radius 1 is 1.10 bits per heavy atom. The van der Waals surface area contributed by atoms with Crippen molar-refractivity contribution in [2.24, 2.45) is 0 Å². The van der Waals surface area contributed by atoms with E-state index in [0.717, 1.165) is 26.1 Å². The molecule has 0 saturated heterocycles. The third-order valence-corrected chi connectivity index (χ3v) is 4.23. The SMILES string of the molecule is Cc1cccc(CN(C)CC2Cc3ccccc3CN2)c1. The van der Waals surface area contributed by atoms with Crippen LogP contribution in [0.1, 0.15) is 22.3 Å². The lowest BCUT2D eigenvalue weighted by molar-refractivity contribution is 0.274. The third-order valence-electron chi connectivity index (χ3n) is 4.23. The Morgan fingerprint density at radius 3 is 2.71 bits per heavy atom. The molecule has 3 rings (SSSR count). The van der Waals surface area contributed by atoms with E-state index in [2.05, 4.69) is 72.7 Å². The molecule has 2 aromatic carbocycles. The predicted molar refractivity (Wildman–Crippen MR) is 88.3 cm³/mol. The maximum Gasteiger partial charge on any atom is 0.0238 e. The van der Waals surface area contributed by atoms with Crippen LogP contribution in [0.2, 0.25) is 0 Å². The molecule has 1 atom stereocenters. The highest BCUT2D eigenvalue weighted by atomic mass is 15.1. The molecule has 2 nitrogen and oxygen atoms in total. The number of rotatable bonds is 4. The molecule has 2 aromatic rings. The average molecular weight is 280 g/mol. The minimum Gasteiger partial charge on any atom is -0.308 e. The molecule has 110 valence electrons. The van der Waals surface area contributed by atoms with Gasteiger partial charge in [-0.25, -0.2) is 0 Å². The Labute approximate surface area is 127 Å². The van der Waals surface area contributed by atoms with Crippen molar-refractivity contribution >= 4 is 0 Å². The Kier molecular flexibility index (Phi) is 4.37. The fourth-order valence-corrected chi connectivity index (χ4v) is 3.21. The standard InChI is InChI=1S/C19H24N2/c1-15-6-5-7-16(10-15)13-21(2)14-19-11-17-8-3-4-9-18(17)12-20-19/h3-10,19-20H,11-14H2,1-2H3. The van der Waals surface area contributed by atoms with Crippen molar-refractivity contribution in [1.29, 1.82) is 0 Å². The molecule has 0 radical (unpaired) electrons. The second-order valence-electron chi connectivity index (χ2n) is 6.24. The van der Waals surface area contributed by atoms with Gasteiger partial charge in [-0.2, -0.15) is 0 Å². The maximum absolute atomic E-state index is 3.66. The van der Waals surface area contributed by atoms with Crippen molar-refractivity contribution in [1.82, 2.24) is 10.2 Å². The van der Waals surface area contributed by atoms with Crippen molar-refractivity contribution in [3.8, 4) is 0 Å². The molecular formula is C19H24N2. The number of nitrogens with zero attached hydrogens (tertiary/aromatic N) is 1. The summed E-state index contributed by atoms with van der Waals surface area (Å²) in [6.07, 6.45) is 1.13. The highest BCUT2D eigenvalue weighted by Gasteiger charge is 2.18. The van der Waals surface area contributed by atoms with E-state index in [-0.39, 0.29) is 0 Å². The van der Waals surface area contributed by atoms with E-state index in [1.807, 2.05) is 0 Å². The van der Waals surface area contributed by atoms with E-state index in [4.69, 9.17) is 0 Å². The summed E-state index contributed by atoms with van der Waals surface area (Å²) in [4.78, 5) is 2.42. The Hall–Kier alpha value is -1.64. The summed E-state index contributed by atoms with van der Waals surface area (Å²) < 4.78 is 0. The van der Waals surface area contributed by atoms with Gasteiger partial charge in [0, 0.05) is 25.7 Å². The minimum atomic E-state index is 0.551. The number of nitrogens with one attached hydrogen (secondary N) is 1. The first kappa shape index (κ1) is 14.3. The Balaban J connectivity index is 1.57. The van der Waals surface area contributed by atoms with Crippen LogP contribution in [0, 0.1) is 6.92 Å². The van der Waals surface area contributed by atoms with Gasteiger partial charge >= 0.3 is 0 Å². The summed E-state index contributed by atoms with van der Waals surface area (Å²) in [6.45, 7) is 5.26. The number of hydrogen-bond donors (Lipinski definition) is 1. The summed E-state index contributed by atoms with van der Waals surface area (Å²) >= 11 is 0. The molecule has 0 fully saturated rings. The molecule has 21 heavy (non-hydrogen) atoms. The summed E-state index contributed by atoms with van der Waals surface area (Å²) in [5, 5.41) is 3.66. The van der Waals surface area contributed by atoms with Gasteiger partial charge in [-0.15, -0.1) is 0 Å². The van der Waals surface area contributed by atoms with Crippen LogP contribution in [0.3, 0.4) is 0 Å². The Morgan fingerprint density at radius 2 is 1.90 bits per heavy atom. The monoisotopic (exact) mass is 280 g/mol. The van der Waals surface area contributed by atoms with Crippen LogP contribution in [0.5, 0.6) is 0 Å². The number of hydrogen-bond acceptors (Lipinski definition) is 2. The van der Waals surface area contributed by atoms with Crippen molar-refractivity contribution < 1.29 is 0 Å². The van der Waals surface area contributed by atoms with E-state index in [9.17, 15) is 0 Å². The number of fused-ring (bicyclic) bond motifs is 1. The molecule has 1 unspecified atom stereocenters. The van der Waals surface area contributed by atoms with E-state index in [1.54, 1.807) is 0 Å². The van der Waals surface area contributed by atoms with Gasteiger partial charge in [-0.05, 0) is 37.1 Å². The van der Waals surface area contributed by atoms with E-state index in [0.29, 0.717) is 6.04 Å². The molecule has 0 spiro atoms. The van der Waals surface area contributed by atoms with Gasteiger partial charge in [0.25, 0.3) is 0 Å². The highest BCUT2D eigenvalue weighted by molar-refractivity contribution is 5.30. The zero-order valence-corrected chi connectivity index (χ0v) is 13.0. The predicted octanol–water partition coefficient (Wildman–Crippen LogP) is 3.14. The fraction of sp³-hybridized carbons (Fsp3) is 0.368. The maximum atomic E-state index is 3.66. The third kappa shape index (κ3) is 3.72. The van der Waals surface area contributed by atoms with Gasteiger partial charge in [0.15, 0.2) is 0 Å². The smallest absolute Gasteiger partial charge is 0.0238 e. The number of aryl methyl sites for hydroxylation is 1. The lowest BCUT2D eigenvalue weighted by atomic mass is 9.95. The second kappa shape index (κ2) is 6.42. The topological polar surface area (TPSA) is 15.3 Å². The molecular weight excluding hydrogens is 256 g/mol. The van der Waals surface area contributed by atoms with Gasteiger partial charge in [0.1, 0.15) is 0 Å². The van der Waals surface area contributed by atoms with Crippen LogP contribution in [0.4, 0.5) is 0 Å². The van der Waals surface area contributed by atoms with E-state index >= 15 is 0 Å². The van der Waals surface area contributed by atoms with E-state index < -0.39 is 0 Å². The molecule has 2 heteroatoms. The van der Waals surface area contributed by atoms with Crippen LogP contribution < -0.4 is 5.32 Å². The van der Waals surface area contributed by atoms with Crippen molar-refractivity contribution in [3.63, 3.8) is 0 Å². The lowest BCUT2D eigenvalue weighted by Crippen LogP contribution is -2.43. The first-order chi connectivity index (χ1) is 10.2. The summed E-state index contributed by atoms with van der Waals surface area (Å²) in [5.74, 6) is 0. The lowest BCUT2D eigenvalue weighted by Gasteiger charge is -2.30. The molecule has 0 aromatic heterocycles. The van der Waals surface area contributed by atoms with Crippen LogP contribution in [-0.2, 0) is 19.5 Å². The molecule has 1 N–H and O–H groups in total. The average Bonchev–Trinajstić information content (AvgIpc) is 2.47. The fourth-order valence-electron chi connectivity index (χ4n) is 3.21. The summed E-state index contributed by atoms with van der Waals surface area (Å²) in [7, 11) is 2.21. The van der Waals surface area contributed by atoms with Gasteiger partial charge in [0.2, 0.25) is 0 Å². The van der Waals surface area contributed by atoms with Gasteiger partial charge in [-0.1, -0.05) is 54.1 Å². The van der Waals surface area contributed by atoms with Gasteiger partial charge in [-0.3, -0.25) is 0 Å². The summed E-state index contributed by atoms with van der Waals surface area (Å²) in [5.41, 5.74) is 5.69. The molecule has 0 saturated carbocycles. The zero-order valence-electron chi connectivity index (χ0n) is 13.0. The van der Waals surface area contributed by atoms with Gasteiger partial charge < -0.3 is 10.2 Å². The molecule has 0 aliphatic carbocycles. The zero-order chi connectivity index (χ0) is 14.7. The quantitative estimate of drug-likeness (QED) is 0.925. The number of likely N-dealkylation sites (N-methyl/N-ethyl adjacent to an activating group) is 1. The van der Waals surface area contributed by atoms with Crippen LogP contribution in [0.15, 0.2) is 48.5 Å². The molecule has 0 bridgehead atoms. The normalized spacial score (nSPS) is 17.8. The van der Waals surface area contributed by atoms with Crippen LogP contribution in [-0.4, -0.2) is 24.5 Å². The van der Waals surface area contributed by atoms with Crippen molar-refractivity contribution in [3.05, 3.63) is 70.8 Å².